The molecule has 4 nitrogen and oxygen atoms in total. The summed E-state index contributed by atoms with van der Waals surface area (Å²) in [6.45, 7) is 2.62. The number of rotatable bonds is 5. The molecular formula is C15H18N2O2S. The summed E-state index contributed by atoms with van der Waals surface area (Å²) in [5.41, 5.74) is 2.05. The first kappa shape index (κ1) is 14.7. The van der Waals surface area contributed by atoms with E-state index in [0.717, 1.165) is 16.1 Å². The van der Waals surface area contributed by atoms with E-state index in [4.69, 9.17) is 4.74 Å². The summed E-state index contributed by atoms with van der Waals surface area (Å²) in [5.74, 6) is -0.252. The van der Waals surface area contributed by atoms with Crippen molar-refractivity contribution in [1.82, 2.24) is 9.88 Å². The minimum absolute atomic E-state index is 0.252. The minimum atomic E-state index is -0.412. The van der Waals surface area contributed by atoms with Crippen LogP contribution in [-0.4, -0.2) is 30.0 Å². The van der Waals surface area contributed by atoms with Crippen molar-refractivity contribution in [3.8, 4) is 0 Å². The number of likely N-dealkylation sites (N-methyl/N-ethyl adjacent to an activating group) is 1. The van der Waals surface area contributed by atoms with Crippen LogP contribution in [-0.2, 0) is 16.1 Å². The Bertz CT molecular complexity index is 569. The van der Waals surface area contributed by atoms with Crippen LogP contribution in [0.2, 0.25) is 0 Å². The molecule has 2 rings (SSSR count). The Morgan fingerprint density at radius 2 is 2.20 bits per heavy atom. The molecule has 106 valence electrons. The minimum Gasteiger partial charge on any atom is -0.468 e. The van der Waals surface area contributed by atoms with Crippen LogP contribution in [0.25, 0.3) is 0 Å². The Hall–Kier alpha value is -1.72. The van der Waals surface area contributed by atoms with Crippen molar-refractivity contribution in [1.29, 1.82) is 0 Å². The standard InChI is InChI=1S/C15H18N2O2S/c1-11-6-4-5-7-12(11)14(15(18)19-3)17(2)10-13-16-8-9-20-13/h4-9,14H,10H2,1-3H3/t14-/m0/s1. The van der Waals surface area contributed by atoms with Crippen molar-refractivity contribution < 1.29 is 9.53 Å². The lowest BCUT2D eigenvalue weighted by molar-refractivity contribution is -0.147. The molecule has 0 aliphatic rings. The molecule has 5 heteroatoms. The molecule has 0 saturated heterocycles. The highest BCUT2D eigenvalue weighted by molar-refractivity contribution is 7.09. The van der Waals surface area contributed by atoms with Gasteiger partial charge in [0.2, 0.25) is 0 Å². The molecule has 0 fully saturated rings. The second-order valence-electron chi connectivity index (χ2n) is 4.62. The van der Waals surface area contributed by atoms with E-state index in [-0.39, 0.29) is 5.97 Å². The maximum atomic E-state index is 12.2. The van der Waals surface area contributed by atoms with Crippen LogP contribution in [0.5, 0.6) is 0 Å². The molecule has 0 radical (unpaired) electrons. The van der Waals surface area contributed by atoms with Gasteiger partial charge < -0.3 is 4.74 Å². The second-order valence-corrected chi connectivity index (χ2v) is 5.60. The summed E-state index contributed by atoms with van der Waals surface area (Å²) in [4.78, 5) is 18.4. The number of ether oxygens (including phenoxy) is 1. The van der Waals surface area contributed by atoms with Crippen LogP contribution in [0.4, 0.5) is 0 Å². The highest BCUT2D eigenvalue weighted by Gasteiger charge is 2.27. The predicted molar refractivity (Wildman–Crippen MR) is 79.5 cm³/mol. The molecule has 0 saturated carbocycles. The molecule has 1 atom stereocenters. The fourth-order valence-electron chi connectivity index (χ4n) is 2.19. The van der Waals surface area contributed by atoms with Crippen LogP contribution < -0.4 is 0 Å². The first-order valence-electron chi connectivity index (χ1n) is 6.35. The summed E-state index contributed by atoms with van der Waals surface area (Å²) >= 11 is 1.58. The van der Waals surface area contributed by atoms with E-state index in [0.29, 0.717) is 6.54 Å². The maximum Gasteiger partial charge on any atom is 0.327 e. The molecule has 0 spiro atoms. The van der Waals surface area contributed by atoms with Crippen LogP contribution in [0.15, 0.2) is 35.8 Å². The van der Waals surface area contributed by atoms with Gasteiger partial charge in [0.25, 0.3) is 0 Å². The highest BCUT2D eigenvalue weighted by atomic mass is 32.1. The SMILES string of the molecule is COC(=O)[C@H](c1ccccc1C)N(C)Cc1nccs1. The van der Waals surface area contributed by atoms with Gasteiger partial charge in [-0.2, -0.15) is 0 Å². The summed E-state index contributed by atoms with van der Waals surface area (Å²) in [6.07, 6.45) is 1.77. The second kappa shape index (κ2) is 6.63. The Morgan fingerprint density at radius 3 is 2.80 bits per heavy atom. The summed E-state index contributed by atoms with van der Waals surface area (Å²) in [7, 11) is 3.33. The molecule has 1 aromatic heterocycles. The maximum absolute atomic E-state index is 12.2. The van der Waals surface area contributed by atoms with Gasteiger partial charge in [-0.15, -0.1) is 11.3 Å². The summed E-state index contributed by atoms with van der Waals surface area (Å²) in [6, 6.07) is 7.46. The zero-order valence-corrected chi connectivity index (χ0v) is 12.7. The largest absolute Gasteiger partial charge is 0.468 e. The fraction of sp³-hybridized carbons (Fsp3) is 0.333. The summed E-state index contributed by atoms with van der Waals surface area (Å²) in [5, 5.41) is 2.92. The van der Waals surface area contributed by atoms with E-state index in [2.05, 4.69) is 4.98 Å². The lowest BCUT2D eigenvalue weighted by Gasteiger charge is -2.26. The Balaban J connectivity index is 2.28. The molecular weight excluding hydrogens is 272 g/mol. The van der Waals surface area contributed by atoms with E-state index in [9.17, 15) is 4.79 Å². The van der Waals surface area contributed by atoms with E-state index >= 15 is 0 Å². The zero-order chi connectivity index (χ0) is 14.5. The van der Waals surface area contributed by atoms with Gasteiger partial charge in [0.05, 0.1) is 13.7 Å². The monoisotopic (exact) mass is 290 g/mol. The van der Waals surface area contributed by atoms with Gasteiger partial charge in [0, 0.05) is 11.6 Å². The van der Waals surface area contributed by atoms with Crippen molar-refractivity contribution in [3.63, 3.8) is 0 Å². The number of carbonyl (C=O) groups excluding carboxylic acids is 1. The summed E-state index contributed by atoms with van der Waals surface area (Å²) < 4.78 is 4.96. The van der Waals surface area contributed by atoms with Gasteiger partial charge in [-0.25, -0.2) is 9.78 Å². The van der Waals surface area contributed by atoms with Gasteiger partial charge in [-0.05, 0) is 25.1 Å². The zero-order valence-electron chi connectivity index (χ0n) is 11.9. The van der Waals surface area contributed by atoms with Crippen molar-refractivity contribution in [2.24, 2.45) is 0 Å². The third-order valence-corrected chi connectivity index (χ3v) is 3.98. The number of aromatic nitrogens is 1. The number of methoxy groups -OCH3 is 1. The van der Waals surface area contributed by atoms with Gasteiger partial charge in [0.15, 0.2) is 0 Å². The molecule has 0 aliphatic carbocycles. The average molecular weight is 290 g/mol. The fourth-order valence-corrected chi connectivity index (χ4v) is 2.86. The van der Waals surface area contributed by atoms with Crippen molar-refractivity contribution in [2.75, 3.05) is 14.2 Å². The van der Waals surface area contributed by atoms with Crippen molar-refractivity contribution >= 4 is 17.3 Å². The van der Waals surface area contributed by atoms with Crippen LogP contribution >= 0.6 is 11.3 Å². The molecule has 0 amide bonds. The number of carbonyl (C=O) groups is 1. The van der Waals surface area contributed by atoms with Gasteiger partial charge in [0.1, 0.15) is 11.0 Å². The van der Waals surface area contributed by atoms with Crippen LogP contribution in [0.1, 0.15) is 22.2 Å². The lowest BCUT2D eigenvalue weighted by atomic mass is 10.0. The van der Waals surface area contributed by atoms with Gasteiger partial charge in [-0.3, -0.25) is 4.90 Å². The molecule has 0 aliphatic heterocycles. The normalized spacial score (nSPS) is 12.4. The first-order chi connectivity index (χ1) is 9.63. The lowest BCUT2D eigenvalue weighted by Crippen LogP contribution is -2.32. The number of aryl methyl sites for hydroxylation is 1. The number of benzene rings is 1. The number of thiazole rings is 1. The molecule has 20 heavy (non-hydrogen) atoms. The topological polar surface area (TPSA) is 42.4 Å². The van der Waals surface area contributed by atoms with E-state index in [1.54, 1.807) is 17.5 Å². The number of esters is 1. The Morgan fingerprint density at radius 1 is 1.45 bits per heavy atom. The Labute approximate surface area is 123 Å². The first-order valence-corrected chi connectivity index (χ1v) is 7.23. The molecule has 1 aromatic carbocycles. The number of nitrogens with zero attached hydrogens (tertiary/aromatic N) is 2. The van der Waals surface area contributed by atoms with E-state index in [1.807, 2.05) is 48.5 Å². The molecule has 2 aromatic rings. The third-order valence-electron chi connectivity index (χ3n) is 3.22. The molecule has 0 N–H and O–H groups in total. The highest BCUT2D eigenvalue weighted by Crippen LogP contribution is 2.25. The quantitative estimate of drug-likeness (QED) is 0.794. The average Bonchev–Trinajstić information content (AvgIpc) is 2.93. The van der Waals surface area contributed by atoms with E-state index < -0.39 is 6.04 Å². The smallest absolute Gasteiger partial charge is 0.327 e. The van der Waals surface area contributed by atoms with Gasteiger partial charge >= 0.3 is 5.97 Å². The van der Waals surface area contributed by atoms with E-state index in [1.165, 1.54) is 7.11 Å². The molecule has 1 heterocycles. The Kier molecular flexibility index (Phi) is 4.87. The molecule has 0 unspecified atom stereocenters. The van der Waals surface area contributed by atoms with Gasteiger partial charge in [-0.1, -0.05) is 24.3 Å². The number of hydrogen-bond donors (Lipinski definition) is 0. The third kappa shape index (κ3) is 3.23. The van der Waals surface area contributed by atoms with Crippen molar-refractivity contribution in [2.45, 2.75) is 19.5 Å². The predicted octanol–water partition coefficient (Wildman–Crippen LogP) is 2.80. The van der Waals surface area contributed by atoms with Crippen LogP contribution in [0, 0.1) is 6.92 Å². The molecule has 0 bridgehead atoms. The number of hydrogen-bond acceptors (Lipinski definition) is 5. The van der Waals surface area contributed by atoms with Crippen LogP contribution in [0.3, 0.4) is 0 Å². The van der Waals surface area contributed by atoms with Crippen molar-refractivity contribution in [3.05, 3.63) is 52.0 Å².